The molecule has 1 amide bonds. The van der Waals surface area contributed by atoms with Crippen LogP contribution in [-0.2, 0) is 15.3 Å². The number of ether oxygens (including phenoxy) is 1. The molecule has 0 unspecified atom stereocenters. The molecule has 118 valence electrons. The van der Waals surface area contributed by atoms with Crippen LogP contribution in [0.2, 0.25) is 0 Å². The van der Waals surface area contributed by atoms with Crippen LogP contribution >= 0.6 is 15.9 Å². The van der Waals surface area contributed by atoms with E-state index in [0.717, 1.165) is 10.0 Å². The highest BCUT2D eigenvalue weighted by atomic mass is 79.9. The second kappa shape index (κ2) is 5.77. The number of nitrogens with zero attached hydrogens (tertiary/aromatic N) is 2. The quantitative estimate of drug-likeness (QED) is 0.794. The van der Waals surface area contributed by atoms with Crippen molar-refractivity contribution in [2.75, 3.05) is 0 Å². The lowest BCUT2D eigenvalue weighted by Crippen LogP contribution is -2.41. The third-order valence-corrected chi connectivity index (χ3v) is 4.19. The van der Waals surface area contributed by atoms with Crippen LogP contribution in [0, 0.1) is 5.82 Å². The summed E-state index contributed by atoms with van der Waals surface area (Å²) in [4.78, 5) is 12.0. The van der Waals surface area contributed by atoms with Gasteiger partial charge in [-0.05, 0) is 36.4 Å². The average molecular weight is 377 g/mol. The molecule has 0 bridgehead atoms. The van der Waals surface area contributed by atoms with Gasteiger partial charge in [0.2, 0.25) is 17.5 Å². The molecule has 0 aliphatic carbocycles. The zero-order valence-corrected chi connectivity index (χ0v) is 14.2. The van der Waals surface area contributed by atoms with Gasteiger partial charge in [0.1, 0.15) is 5.82 Å². The van der Waals surface area contributed by atoms with Crippen molar-refractivity contribution in [3.8, 4) is 0 Å². The van der Waals surface area contributed by atoms with E-state index < -0.39 is 5.72 Å². The zero-order valence-electron chi connectivity index (χ0n) is 12.6. The highest BCUT2D eigenvalue weighted by Gasteiger charge is 2.44. The summed E-state index contributed by atoms with van der Waals surface area (Å²) in [5.41, 5.74) is 0.289. The Morgan fingerprint density at radius 1 is 1.17 bits per heavy atom. The van der Waals surface area contributed by atoms with Gasteiger partial charge in [-0.1, -0.05) is 28.1 Å². The third kappa shape index (κ3) is 2.86. The lowest BCUT2D eigenvalue weighted by atomic mass is 10.0. The summed E-state index contributed by atoms with van der Waals surface area (Å²) in [6.07, 6.45) is 0. The van der Waals surface area contributed by atoms with Crippen molar-refractivity contribution in [2.45, 2.75) is 19.6 Å². The van der Waals surface area contributed by atoms with Crippen LogP contribution in [0.4, 0.5) is 4.39 Å². The fourth-order valence-corrected chi connectivity index (χ4v) is 2.72. The first-order valence-corrected chi connectivity index (χ1v) is 7.80. The maximum atomic E-state index is 13.2. The van der Waals surface area contributed by atoms with Crippen molar-refractivity contribution in [2.24, 2.45) is 5.10 Å². The molecule has 2 aromatic rings. The van der Waals surface area contributed by atoms with Gasteiger partial charge >= 0.3 is 0 Å². The largest absolute Gasteiger partial charge is 0.443 e. The van der Waals surface area contributed by atoms with E-state index in [9.17, 15) is 9.18 Å². The SMILES string of the molecule is CC(=O)N1N=C(c2ccc(Br)cc2)O[C@]1(C)c1ccc(F)cc1. The Morgan fingerprint density at radius 3 is 2.35 bits per heavy atom. The molecule has 0 radical (unpaired) electrons. The fourth-order valence-electron chi connectivity index (χ4n) is 2.46. The predicted octanol–water partition coefficient (Wildman–Crippen LogP) is 4.00. The third-order valence-electron chi connectivity index (χ3n) is 3.66. The number of rotatable bonds is 2. The molecular weight excluding hydrogens is 363 g/mol. The van der Waals surface area contributed by atoms with Crippen LogP contribution in [0.15, 0.2) is 58.1 Å². The first-order valence-electron chi connectivity index (χ1n) is 7.00. The van der Waals surface area contributed by atoms with Gasteiger partial charge < -0.3 is 4.74 Å². The molecule has 0 aromatic heterocycles. The molecule has 0 spiro atoms. The van der Waals surface area contributed by atoms with Crippen molar-refractivity contribution in [1.82, 2.24) is 5.01 Å². The van der Waals surface area contributed by atoms with Gasteiger partial charge in [-0.2, -0.15) is 5.01 Å². The molecule has 0 fully saturated rings. The topological polar surface area (TPSA) is 41.9 Å². The van der Waals surface area contributed by atoms with Crippen LogP contribution in [0.3, 0.4) is 0 Å². The molecule has 0 N–H and O–H groups in total. The van der Waals surface area contributed by atoms with Crippen molar-refractivity contribution >= 4 is 27.7 Å². The van der Waals surface area contributed by atoms with Crippen molar-refractivity contribution in [3.63, 3.8) is 0 Å². The molecule has 0 saturated carbocycles. The molecule has 3 rings (SSSR count). The molecule has 1 atom stereocenters. The smallest absolute Gasteiger partial charge is 0.243 e. The molecule has 6 heteroatoms. The number of hydrogen-bond donors (Lipinski definition) is 0. The Kier molecular flexibility index (Phi) is 3.93. The van der Waals surface area contributed by atoms with E-state index in [1.165, 1.54) is 24.1 Å². The second-order valence-electron chi connectivity index (χ2n) is 5.33. The standard InChI is InChI=1S/C17H14BrFN2O2/c1-11(22)21-17(2,13-5-9-15(19)10-6-13)23-16(20-21)12-3-7-14(18)8-4-12/h3-10H,1-2H3/t17-/m1/s1. The zero-order chi connectivity index (χ0) is 16.6. The normalized spacial score (nSPS) is 20.2. The van der Waals surface area contributed by atoms with E-state index >= 15 is 0 Å². The number of hydrazone groups is 1. The minimum Gasteiger partial charge on any atom is -0.443 e. The van der Waals surface area contributed by atoms with E-state index in [-0.39, 0.29) is 11.7 Å². The van der Waals surface area contributed by atoms with Gasteiger partial charge in [-0.15, -0.1) is 5.10 Å². The molecule has 0 saturated heterocycles. The highest BCUT2D eigenvalue weighted by Crippen LogP contribution is 2.36. The summed E-state index contributed by atoms with van der Waals surface area (Å²) in [7, 11) is 0. The Hall–Kier alpha value is -2.21. The lowest BCUT2D eigenvalue weighted by Gasteiger charge is -2.31. The Labute approximate surface area is 141 Å². The molecular formula is C17H14BrFN2O2. The van der Waals surface area contributed by atoms with E-state index in [2.05, 4.69) is 21.0 Å². The van der Waals surface area contributed by atoms with Gasteiger partial charge in [0, 0.05) is 29.4 Å². The average Bonchev–Trinajstić information content (AvgIpc) is 2.88. The first kappa shape index (κ1) is 15.7. The number of halogens is 2. The van der Waals surface area contributed by atoms with Crippen molar-refractivity contribution in [3.05, 3.63) is 69.9 Å². The molecule has 1 aliphatic rings. The van der Waals surface area contributed by atoms with E-state index in [0.29, 0.717) is 11.5 Å². The van der Waals surface area contributed by atoms with E-state index in [4.69, 9.17) is 4.74 Å². The van der Waals surface area contributed by atoms with Gasteiger partial charge in [0.15, 0.2) is 0 Å². The van der Waals surface area contributed by atoms with Crippen molar-refractivity contribution in [1.29, 1.82) is 0 Å². The highest BCUT2D eigenvalue weighted by molar-refractivity contribution is 9.10. The van der Waals surface area contributed by atoms with Gasteiger partial charge in [0.05, 0.1) is 0 Å². The summed E-state index contributed by atoms with van der Waals surface area (Å²) in [5, 5.41) is 5.58. The number of carbonyl (C=O) groups excluding carboxylic acids is 1. The molecule has 4 nitrogen and oxygen atoms in total. The van der Waals surface area contributed by atoms with Gasteiger partial charge in [0.25, 0.3) is 0 Å². The van der Waals surface area contributed by atoms with E-state index in [1.54, 1.807) is 19.1 Å². The first-order chi connectivity index (χ1) is 10.9. The minimum absolute atomic E-state index is 0.260. The summed E-state index contributed by atoms with van der Waals surface area (Å²) in [6.45, 7) is 3.15. The number of carbonyl (C=O) groups is 1. The Morgan fingerprint density at radius 2 is 1.78 bits per heavy atom. The van der Waals surface area contributed by atoms with Crippen LogP contribution in [0.25, 0.3) is 0 Å². The van der Waals surface area contributed by atoms with Crippen LogP contribution in [0.5, 0.6) is 0 Å². The molecule has 2 aromatic carbocycles. The predicted molar refractivity (Wildman–Crippen MR) is 88.0 cm³/mol. The molecule has 1 aliphatic heterocycles. The number of hydrogen-bond acceptors (Lipinski definition) is 3. The van der Waals surface area contributed by atoms with Crippen molar-refractivity contribution < 1.29 is 13.9 Å². The maximum Gasteiger partial charge on any atom is 0.243 e. The monoisotopic (exact) mass is 376 g/mol. The minimum atomic E-state index is -1.11. The second-order valence-corrected chi connectivity index (χ2v) is 6.25. The fraction of sp³-hybridized carbons (Fsp3) is 0.176. The summed E-state index contributed by atoms with van der Waals surface area (Å²) >= 11 is 3.37. The Balaban J connectivity index is 2.01. The lowest BCUT2D eigenvalue weighted by molar-refractivity contribution is -0.146. The Bertz CT molecular complexity index is 774. The van der Waals surface area contributed by atoms with Crippen LogP contribution in [-0.4, -0.2) is 16.8 Å². The van der Waals surface area contributed by atoms with Gasteiger partial charge in [-0.25, -0.2) is 4.39 Å². The maximum absolute atomic E-state index is 13.2. The summed E-state index contributed by atoms with van der Waals surface area (Å²) in [6, 6.07) is 13.3. The van der Waals surface area contributed by atoms with Gasteiger partial charge in [-0.3, -0.25) is 4.79 Å². The molecule has 1 heterocycles. The van der Waals surface area contributed by atoms with E-state index in [1.807, 2.05) is 24.3 Å². The van der Waals surface area contributed by atoms with Crippen LogP contribution in [0.1, 0.15) is 25.0 Å². The number of benzene rings is 2. The van der Waals surface area contributed by atoms with Crippen LogP contribution < -0.4 is 0 Å². The molecule has 23 heavy (non-hydrogen) atoms. The summed E-state index contributed by atoms with van der Waals surface area (Å²) < 4.78 is 20.1. The summed E-state index contributed by atoms with van der Waals surface area (Å²) in [5.74, 6) is -0.262. The number of amides is 1.